The molecule has 0 atom stereocenters. The Morgan fingerprint density at radius 1 is 1.22 bits per heavy atom. The number of methoxy groups -OCH3 is 1. The van der Waals surface area contributed by atoms with Crippen LogP contribution in [0, 0.1) is 6.92 Å². The summed E-state index contributed by atoms with van der Waals surface area (Å²) in [6, 6.07) is 9.36. The van der Waals surface area contributed by atoms with Gasteiger partial charge in [0.1, 0.15) is 11.3 Å². The van der Waals surface area contributed by atoms with Crippen LogP contribution in [0.15, 0.2) is 30.3 Å². The number of benzene rings is 1. The zero-order chi connectivity index (χ0) is 17.2. The van der Waals surface area contributed by atoms with E-state index in [4.69, 9.17) is 9.84 Å². The van der Waals surface area contributed by atoms with E-state index in [1.807, 2.05) is 31.2 Å². The molecule has 0 unspecified atom stereocenters. The number of rotatable bonds is 5. The average molecular weight is 333 g/mol. The van der Waals surface area contributed by atoms with Crippen LogP contribution in [0.2, 0.25) is 0 Å². The molecule has 2 rings (SSSR count). The monoisotopic (exact) mass is 333 g/mol. The summed E-state index contributed by atoms with van der Waals surface area (Å²) in [6.07, 6.45) is 0. The molecule has 0 fully saturated rings. The third kappa shape index (κ3) is 3.71. The maximum Gasteiger partial charge on any atom is 0.328 e. The molecule has 5 nitrogen and oxygen atoms in total. The largest absolute Gasteiger partial charge is 0.497 e. The van der Waals surface area contributed by atoms with Crippen molar-refractivity contribution in [2.75, 3.05) is 7.11 Å². The van der Waals surface area contributed by atoms with E-state index < -0.39 is 11.5 Å². The Balaban J connectivity index is 2.26. The molecule has 0 aliphatic carbocycles. The summed E-state index contributed by atoms with van der Waals surface area (Å²) in [5, 5.41) is 11.6. The SMILES string of the molecule is COc1ccc(-c2cc(C(=O)NC(C)(C)C(=O)O)sc2C)cc1. The lowest BCUT2D eigenvalue weighted by Gasteiger charge is -2.20. The van der Waals surface area contributed by atoms with Gasteiger partial charge in [-0.25, -0.2) is 4.79 Å². The van der Waals surface area contributed by atoms with E-state index in [0.29, 0.717) is 4.88 Å². The van der Waals surface area contributed by atoms with Gasteiger partial charge in [0.05, 0.1) is 12.0 Å². The number of carbonyl (C=O) groups is 2. The predicted molar refractivity (Wildman–Crippen MR) is 90.2 cm³/mol. The van der Waals surface area contributed by atoms with Crippen molar-refractivity contribution < 1.29 is 19.4 Å². The van der Waals surface area contributed by atoms with Crippen molar-refractivity contribution in [2.24, 2.45) is 0 Å². The Morgan fingerprint density at radius 2 is 1.83 bits per heavy atom. The van der Waals surface area contributed by atoms with Crippen molar-refractivity contribution in [1.82, 2.24) is 5.32 Å². The van der Waals surface area contributed by atoms with Crippen molar-refractivity contribution in [3.63, 3.8) is 0 Å². The minimum absolute atomic E-state index is 0.384. The maximum atomic E-state index is 12.3. The first-order valence-corrected chi connectivity index (χ1v) is 7.87. The second-order valence-corrected chi connectivity index (χ2v) is 6.95. The number of aliphatic carboxylic acids is 1. The van der Waals surface area contributed by atoms with Gasteiger partial charge in [-0.3, -0.25) is 4.79 Å². The lowest BCUT2D eigenvalue weighted by atomic mass is 10.1. The normalized spacial score (nSPS) is 11.1. The van der Waals surface area contributed by atoms with Crippen LogP contribution in [0.5, 0.6) is 5.75 Å². The van der Waals surface area contributed by atoms with Crippen LogP contribution in [0.4, 0.5) is 0 Å². The first kappa shape index (κ1) is 17.0. The smallest absolute Gasteiger partial charge is 0.328 e. The first-order chi connectivity index (χ1) is 10.7. The van der Waals surface area contributed by atoms with Gasteiger partial charge < -0.3 is 15.2 Å². The molecule has 23 heavy (non-hydrogen) atoms. The molecule has 0 spiro atoms. The molecular formula is C17H19NO4S. The van der Waals surface area contributed by atoms with E-state index in [9.17, 15) is 9.59 Å². The highest BCUT2D eigenvalue weighted by Gasteiger charge is 2.30. The summed E-state index contributed by atoms with van der Waals surface area (Å²) in [6.45, 7) is 4.85. The number of carboxylic acids is 1. The van der Waals surface area contributed by atoms with Crippen molar-refractivity contribution in [2.45, 2.75) is 26.3 Å². The zero-order valence-electron chi connectivity index (χ0n) is 13.5. The van der Waals surface area contributed by atoms with Gasteiger partial charge >= 0.3 is 5.97 Å². The number of nitrogens with one attached hydrogen (secondary N) is 1. The number of hydrogen-bond acceptors (Lipinski definition) is 4. The van der Waals surface area contributed by atoms with Crippen molar-refractivity contribution in [3.8, 4) is 16.9 Å². The molecule has 0 aliphatic heterocycles. The molecule has 6 heteroatoms. The summed E-state index contributed by atoms with van der Waals surface area (Å²) in [5.74, 6) is -0.692. The molecule has 0 aliphatic rings. The highest BCUT2D eigenvalue weighted by atomic mass is 32.1. The summed E-state index contributed by atoms with van der Waals surface area (Å²) in [5.41, 5.74) is 0.627. The number of amides is 1. The molecule has 2 N–H and O–H groups in total. The number of thiophene rings is 1. The minimum atomic E-state index is -1.31. The van der Waals surface area contributed by atoms with Gasteiger partial charge in [-0.2, -0.15) is 0 Å². The molecular weight excluding hydrogens is 314 g/mol. The van der Waals surface area contributed by atoms with Crippen molar-refractivity contribution in [1.29, 1.82) is 0 Å². The molecule has 0 bridgehead atoms. The number of ether oxygens (including phenoxy) is 1. The van der Waals surface area contributed by atoms with Crippen LogP contribution in [0.1, 0.15) is 28.4 Å². The Bertz CT molecular complexity index is 732. The molecule has 1 aromatic carbocycles. The Kier molecular flexibility index (Phi) is 4.75. The quantitative estimate of drug-likeness (QED) is 0.880. The standard InChI is InChI=1S/C17H19NO4S/c1-10-13(11-5-7-12(22-4)8-6-11)9-14(23-10)15(19)18-17(2,3)16(20)21/h5-9H,1-4H3,(H,18,19)(H,20,21). The Labute approximate surface area is 138 Å². The van der Waals surface area contributed by atoms with Gasteiger partial charge in [0.2, 0.25) is 0 Å². The lowest BCUT2D eigenvalue weighted by molar-refractivity contribution is -0.143. The summed E-state index contributed by atoms with van der Waals surface area (Å²) < 4.78 is 5.14. The van der Waals surface area contributed by atoms with E-state index in [0.717, 1.165) is 21.8 Å². The summed E-state index contributed by atoms with van der Waals surface area (Å²) >= 11 is 1.34. The fraction of sp³-hybridized carbons (Fsp3) is 0.294. The molecule has 0 saturated heterocycles. The average Bonchev–Trinajstić information content (AvgIpc) is 2.89. The highest BCUT2D eigenvalue weighted by Crippen LogP contribution is 2.32. The third-order valence-corrected chi connectivity index (χ3v) is 4.55. The van der Waals surface area contributed by atoms with Crippen LogP contribution in [0.3, 0.4) is 0 Å². The van der Waals surface area contributed by atoms with Crippen LogP contribution in [-0.2, 0) is 4.79 Å². The minimum Gasteiger partial charge on any atom is -0.497 e. The molecule has 1 amide bonds. The van der Waals surface area contributed by atoms with E-state index >= 15 is 0 Å². The van der Waals surface area contributed by atoms with Gasteiger partial charge in [-0.05, 0) is 50.1 Å². The molecule has 1 aromatic heterocycles. The molecule has 1 heterocycles. The van der Waals surface area contributed by atoms with Crippen LogP contribution in [-0.4, -0.2) is 29.6 Å². The van der Waals surface area contributed by atoms with Crippen LogP contribution in [0.25, 0.3) is 11.1 Å². The number of aryl methyl sites for hydroxylation is 1. The lowest BCUT2D eigenvalue weighted by Crippen LogP contribution is -2.49. The fourth-order valence-electron chi connectivity index (χ4n) is 2.05. The predicted octanol–water partition coefficient (Wildman–Crippen LogP) is 3.33. The highest BCUT2D eigenvalue weighted by molar-refractivity contribution is 7.14. The second kappa shape index (κ2) is 6.42. The Morgan fingerprint density at radius 3 is 2.35 bits per heavy atom. The van der Waals surface area contributed by atoms with Crippen molar-refractivity contribution >= 4 is 23.2 Å². The van der Waals surface area contributed by atoms with Gasteiger partial charge in [-0.1, -0.05) is 12.1 Å². The van der Waals surface area contributed by atoms with E-state index in [1.54, 1.807) is 13.2 Å². The molecule has 0 radical (unpaired) electrons. The molecule has 0 saturated carbocycles. The van der Waals surface area contributed by atoms with Crippen LogP contribution < -0.4 is 10.1 Å². The van der Waals surface area contributed by atoms with Gasteiger partial charge in [0.15, 0.2) is 0 Å². The van der Waals surface area contributed by atoms with Gasteiger partial charge in [-0.15, -0.1) is 11.3 Å². The van der Waals surface area contributed by atoms with E-state index in [1.165, 1.54) is 25.2 Å². The molecule has 2 aromatic rings. The van der Waals surface area contributed by atoms with Crippen LogP contribution >= 0.6 is 11.3 Å². The fourth-order valence-corrected chi connectivity index (χ4v) is 2.99. The maximum absolute atomic E-state index is 12.3. The molecule has 122 valence electrons. The van der Waals surface area contributed by atoms with E-state index in [2.05, 4.69) is 5.32 Å². The van der Waals surface area contributed by atoms with E-state index in [-0.39, 0.29) is 5.91 Å². The number of carbonyl (C=O) groups excluding carboxylic acids is 1. The van der Waals surface area contributed by atoms with Gasteiger partial charge in [0, 0.05) is 4.88 Å². The third-order valence-electron chi connectivity index (χ3n) is 3.50. The number of carboxylic acid groups (broad SMARTS) is 1. The first-order valence-electron chi connectivity index (χ1n) is 7.05. The van der Waals surface area contributed by atoms with Gasteiger partial charge in [0.25, 0.3) is 5.91 Å². The number of hydrogen-bond donors (Lipinski definition) is 2. The zero-order valence-corrected chi connectivity index (χ0v) is 14.3. The summed E-state index contributed by atoms with van der Waals surface area (Å²) in [4.78, 5) is 24.9. The summed E-state index contributed by atoms with van der Waals surface area (Å²) in [7, 11) is 1.61. The van der Waals surface area contributed by atoms with Crippen molar-refractivity contribution in [3.05, 3.63) is 40.1 Å². The topological polar surface area (TPSA) is 75.6 Å². The Hall–Kier alpha value is -2.34. The second-order valence-electron chi connectivity index (χ2n) is 5.69.